The number of hydrogen-bond acceptors (Lipinski definition) is 3. The maximum Gasteiger partial charge on any atom is 0.239 e. The molecule has 0 spiro atoms. The minimum absolute atomic E-state index is 0. The van der Waals surface area contributed by atoms with Crippen molar-refractivity contribution in [3.05, 3.63) is 64.7 Å². The van der Waals surface area contributed by atoms with E-state index in [-0.39, 0.29) is 36.4 Å². The highest BCUT2D eigenvalue weighted by atomic mass is 127. The zero-order valence-electron chi connectivity index (χ0n) is 16.0. The Labute approximate surface area is 188 Å². The summed E-state index contributed by atoms with van der Waals surface area (Å²) < 4.78 is 5.11. The van der Waals surface area contributed by atoms with Gasteiger partial charge in [-0.1, -0.05) is 35.9 Å². The molecule has 0 heterocycles. The highest BCUT2D eigenvalue weighted by molar-refractivity contribution is 14.0. The number of halogens is 2. The molecule has 2 rings (SSSR count). The Bertz CT molecular complexity index is 769. The van der Waals surface area contributed by atoms with E-state index in [1.54, 1.807) is 14.2 Å². The Morgan fingerprint density at radius 1 is 1.07 bits per heavy atom. The second-order valence-electron chi connectivity index (χ2n) is 5.86. The summed E-state index contributed by atoms with van der Waals surface area (Å²) in [7, 11) is 3.29. The predicted molar refractivity (Wildman–Crippen MR) is 125 cm³/mol. The minimum Gasteiger partial charge on any atom is -0.497 e. The van der Waals surface area contributed by atoms with Gasteiger partial charge in [0.15, 0.2) is 5.96 Å². The normalized spacial score (nSPS) is 10.6. The molecule has 0 aliphatic heterocycles. The first-order valence-corrected chi connectivity index (χ1v) is 9.07. The van der Waals surface area contributed by atoms with Gasteiger partial charge in [-0.25, -0.2) is 0 Å². The molecule has 0 bridgehead atoms. The van der Waals surface area contributed by atoms with E-state index < -0.39 is 0 Å². The lowest BCUT2D eigenvalue weighted by Crippen LogP contribution is -2.43. The van der Waals surface area contributed by atoms with Gasteiger partial charge < -0.3 is 20.7 Å². The second kappa shape index (κ2) is 13.2. The minimum atomic E-state index is -0.108. The largest absolute Gasteiger partial charge is 0.497 e. The molecule has 3 N–H and O–H groups in total. The van der Waals surface area contributed by atoms with Crippen molar-refractivity contribution in [3.63, 3.8) is 0 Å². The summed E-state index contributed by atoms with van der Waals surface area (Å²) in [6.45, 7) is 1.30. The number of carbonyl (C=O) groups is 1. The molecule has 0 atom stereocenters. The van der Waals surface area contributed by atoms with Gasteiger partial charge >= 0.3 is 0 Å². The maximum atomic E-state index is 12.0. The van der Waals surface area contributed by atoms with Crippen LogP contribution in [0, 0.1) is 0 Å². The van der Waals surface area contributed by atoms with E-state index in [0.29, 0.717) is 19.0 Å². The monoisotopic (exact) mass is 516 g/mol. The average Bonchev–Trinajstić information content (AvgIpc) is 2.69. The van der Waals surface area contributed by atoms with Gasteiger partial charge in [0.1, 0.15) is 5.75 Å². The molecule has 28 heavy (non-hydrogen) atoms. The fraction of sp³-hybridized carbons (Fsp3) is 0.300. The summed E-state index contributed by atoms with van der Waals surface area (Å²) in [4.78, 5) is 16.1. The molecule has 0 saturated heterocycles. The zero-order valence-corrected chi connectivity index (χ0v) is 19.1. The van der Waals surface area contributed by atoms with Gasteiger partial charge in [-0.3, -0.25) is 9.79 Å². The number of methoxy groups -OCH3 is 1. The van der Waals surface area contributed by atoms with E-state index in [1.165, 1.54) is 0 Å². The van der Waals surface area contributed by atoms with Crippen molar-refractivity contribution >= 4 is 47.4 Å². The van der Waals surface area contributed by atoms with Crippen molar-refractivity contribution in [3.8, 4) is 5.75 Å². The van der Waals surface area contributed by atoms with Crippen LogP contribution in [0.15, 0.2) is 53.5 Å². The first kappa shape index (κ1) is 24.0. The van der Waals surface area contributed by atoms with E-state index in [4.69, 9.17) is 16.3 Å². The lowest BCUT2D eigenvalue weighted by Gasteiger charge is -2.12. The first-order chi connectivity index (χ1) is 13.1. The molecule has 1 amide bonds. The highest BCUT2D eigenvalue weighted by Crippen LogP contribution is 2.11. The van der Waals surface area contributed by atoms with Crippen LogP contribution in [0.5, 0.6) is 5.75 Å². The van der Waals surface area contributed by atoms with Crippen LogP contribution in [0.3, 0.4) is 0 Å². The van der Waals surface area contributed by atoms with Gasteiger partial charge in [0.05, 0.1) is 13.7 Å². The Balaban J connectivity index is 0.00000392. The second-order valence-corrected chi connectivity index (χ2v) is 6.29. The van der Waals surface area contributed by atoms with E-state index in [0.717, 1.165) is 28.3 Å². The van der Waals surface area contributed by atoms with Crippen LogP contribution in [0.1, 0.15) is 11.1 Å². The van der Waals surface area contributed by atoms with E-state index in [2.05, 4.69) is 20.9 Å². The lowest BCUT2D eigenvalue weighted by molar-refractivity contribution is -0.120. The summed E-state index contributed by atoms with van der Waals surface area (Å²) in [5, 5.41) is 9.77. The van der Waals surface area contributed by atoms with Crippen LogP contribution in [-0.4, -0.2) is 39.1 Å². The third kappa shape index (κ3) is 8.79. The van der Waals surface area contributed by atoms with E-state index >= 15 is 0 Å². The highest BCUT2D eigenvalue weighted by Gasteiger charge is 2.04. The summed E-state index contributed by atoms with van der Waals surface area (Å²) in [5.74, 6) is 1.26. The maximum absolute atomic E-state index is 12.0. The van der Waals surface area contributed by atoms with Crippen LogP contribution in [0.25, 0.3) is 0 Å². The number of aliphatic imine (C=N–C) groups is 1. The number of guanidine groups is 1. The van der Waals surface area contributed by atoms with Crippen LogP contribution in [0.2, 0.25) is 5.02 Å². The van der Waals surface area contributed by atoms with Crippen molar-refractivity contribution in [2.24, 2.45) is 4.99 Å². The van der Waals surface area contributed by atoms with Gasteiger partial charge in [-0.15, -0.1) is 24.0 Å². The predicted octanol–water partition coefficient (Wildman–Crippen LogP) is 2.99. The Morgan fingerprint density at radius 2 is 1.82 bits per heavy atom. The SMILES string of the molecule is CN=C(NCCc1cccc(Cl)c1)NCC(=O)NCc1ccc(OC)cc1.I. The molecule has 0 saturated carbocycles. The average molecular weight is 517 g/mol. The van der Waals surface area contributed by atoms with Crippen molar-refractivity contribution < 1.29 is 9.53 Å². The third-order valence-electron chi connectivity index (χ3n) is 3.88. The smallest absolute Gasteiger partial charge is 0.239 e. The molecule has 0 fully saturated rings. The topological polar surface area (TPSA) is 74.8 Å². The number of nitrogens with zero attached hydrogens (tertiary/aromatic N) is 1. The van der Waals surface area contributed by atoms with Crippen molar-refractivity contribution in [2.45, 2.75) is 13.0 Å². The summed E-state index contributed by atoms with van der Waals surface area (Å²) in [6.07, 6.45) is 0.810. The molecular weight excluding hydrogens is 491 g/mol. The molecule has 0 aliphatic carbocycles. The third-order valence-corrected chi connectivity index (χ3v) is 4.12. The Kier molecular flexibility index (Phi) is 11.4. The molecule has 0 unspecified atom stereocenters. The molecule has 0 aromatic heterocycles. The van der Waals surface area contributed by atoms with Gasteiger partial charge in [0, 0.05) is 25.2 Å². The molecule has 8 heteroatoms. The molecule has 152 valence electrons. The van der Waals surface area contributed by atoms with Crippen LogP contribution in [0.4, 0.5) is 0 Å². The number of benzene rings is 2. The van der Waals surface area contributed by atoms with Gasteiger partial charge in [0.2, 0.25) is 5.91 Å². The van der Waals surface area contributed by atoms with Crippen LogP contribution >= 0.6 is 35.6 Å². The zero-order chi connectivity index (χ0) is 19.5. The van der Waals surface area contributed by atoms with Crippen molar-refractivity contribution in [1.29, 1.82) is 0 Å². The van der Waals surface area contributed by atoms with Crippen molar-refractivity contribution in [2.75, 3.05) is 27.2 Å². The molecule has 2 aromatic carbocycles. The molecule has 0 aliphatic rings. The number of ether oxygens (including phenoxy) is 1. The summed E-state index contributed by atoms with van der Waals surface area (Å²) in [5.41, 5.74) is 2.15. The number of nitrogens with one attached hydrogen (secondary N) is 3. The standard InChI is InChI=1S/C20H25ClN4O2.HI/c1-22-20(23-11-10-15-4-3-5-17(21)12-15)25-14-19(26)24-13-16-6-8-18(27-2)9-7-16;/h3-9,12H,10-11,13-14H2,1-2H3,(H,24,26)(H2,22,23,25);1H. The fourth-order valence-corrected chi connectivity index (χ4v) is 2.62. The number of hydrogen-bond donors (Lipinski definition) is 3. The van der Waals surface area contributed by atoms with E-state index in [1.807, 2.05) is 48.5 Å². The Morgan fingerprint density at radius 3 is 2.46 bits per heavy atom. The van der Waals surface area contributed by atoms with E-state index in [9.17, 15) is 4.79 Å². The van der Waals surface area contributed by atoms with Gasteiger partial charge in [-0.2, -0.15) is 0 Å². The van der Waals surface area contributed by atoms with Crippen LogP contribution < -0.4 is 20.7 Å². The lowest BCUT2D eigenvalue weighted by atomic mass is 10.1. The van der Waals surface area contributed by atoms with Crippen LogP contribution in [-0.2, 0) is 17.8 Å². The summed E-state index contributed by atoms with van der Waals surface area (Å²) >= 11 is 5.98. The number of amides is 1. The molecular formula is C20H26ClIN4O2. The molecule has 0 radical (unpaired) electrons. The molecule has 6 nitrogen and oxygen atoms in total. The fourth-order valence-electron chi connectivity index (χ4n) is 2.41. The first-order valence-electron chi connectivity index (χ1n) is 8.69. The number of carbonyl (C=O) groups excluding carboxylic acids is 1. The van der Waals surface area contributed by atoms with Crippen molar-refractivity contribution in [1.82, 2.24) is 16.0 Å². The quantitative estimate of drug-likeness (QED) is 0.287. The Hall–Kier alpha value is -2.00. The molecule has 2 aromatic rings. The summed E-state index contributed by atoms with van der Waals surface area (Å²) in [6, 6.07) is 15.3. The van der Waals surface area contributed by atoms with Gasteiger partial charge in [-0.05, 0) is 41.8 Å². The number of rotatable bonds is 8. The van der Waals surface area contributed by atoms with Gasteiger partial charge in [0.25, 0.3) is 0 Å².